The topological polar surface area (TPSA) is 51.2 Å². The van der Waals surface area contributed by atoms with Gasteiger partial charge in [0.1, 0.15) is 6.61 Å². The molecule has 3 rings (SSSR count). The Morgan fingerprint density at radius 1 is 1.07 bits per heavy atom. The van der Waals surface area contributed by atoms with Crippen molar-refractivity contribution in [1.82, 2.24) is 10.3 Å². The predicted octanol–water partition coefficient (Wildman–Crippen LogP) is 5.26. The van der Waals surface area contributed by atoms with Gasteiger partial charge in [-0.1, -0.05) is 48.6 Å². The lowest BCUT2D eigenvalue weighted by Crippen LogP contribution is -2.31. The van der Waals surface area contributed by atoms with Crippen LogP contribution in [0.3, 0.4) is 0 Å². The Morgan fingerprint density at radius 3 is 2.43 bits per heavy atom. The summed E-state index contributed by atoms with van der Waals surface area (Å²) in [5.41, 5.74) is 1.43. The fourth-order valence-electron chi connectivity index (χ4n) is 2.92. The number of carbonyl (C=O) groups excluding carboxylic acids is 1. The highest BCUT2D eigenvalue weighted by Crippen LogP contribution is 2.36. The predicted molar refractivity (Wildman–Crippen MR) is 98.2 cm³/mol. The van der Waals surface area contributed by atoms with Gasteiger partial charge in [-0.15, -0.1) is 0 Å². The lowest BCUT2D eigenvalue weighted by molar-refractivity contribution is -0.0941. The number of aromatic nitrogens is 1. The molecule has 1 aliphatic carbocycles. The van der Waals surface area contributed by atoms with Crippen molar-refractivity contribution in [1.29, 1.82) is 0 Å². The monoisotopic (exact) mass is 388 g/mol. The van der Waals surface area contributed by atoms with Crippen LogP contribution in [0.15, 0.2) is 78.0 Å². The zero-order chi connectivity index (χ0) is 20.0. The number of ether oxygens (including phenoxy) is 1. The average Bonchev–Trinajstić information content (AvgIpc) is 2.71. The molecule has 0 saturated heterocycles. The molecule has 1 heterocycles. The Labute approximate surface area is 160 Å². The number of benzene rings is 1. The number of nitrogens with zero attached hydrogens (tertiary/aromatic N) is 1. The standard InChI is InChI=1S/C21H19F3N2O2/c22-21(23,24)17-11-9-16(10-12-17)19(18-8-4-5-13-25-18)26-20(27)28-14-15-6-2-1-3-7-15/h1-9,11,13,19H,10,12,14H2,(H,26,27)/t19-/m0/s1. The molecule has 1 aromatic heterocycles. The van der Waals surface area contributed by atoms with Crippen LogP contribution in [0.1, 0.15) is 30.1 Å². The number of hydrogen-bond donors (Lipinski definition) is 1. The summed E-state index contributed by atoms with van der Waals surface area (Å²) in [4.78, 5) is 16.5. The van der Waals surface area contributed by atoms with Gasteiger partial charge in [0, 0.05) is 11.8 Å². The minimum atomic E-state index is -4.34. The van der Waals surface area contributed by atoms with Crippen molar-refractivity contribution in [2.45, 2.75) is 31.7 Å². The minimum absolute atomic E-state index is 0.0960. The van der Waals surface area contributed by atoms with Gasteiger partial charge in [0.2, 0.25) is 0 Å². The number of hydrogen-bond acceptors (Lipinski definition) is 3. The second kappa shape index (κ2) is 8.73. The third-order valence-electron chi connectivity index (χ3n) is 4.37. The van der Waals surface area contributed by atoms with Gasteiger partial charge in [0.05, 0.1) is 11.7 Å². The SMILES string of the molecule is O=C(N[C@@H](C1=CC=C(C(F)(F)F)CC1)c1ccccn1)OCc1ccccc1. The van der Waals surface area contributed by atoms with Crippen LogP contribution in [0.2, 0.25) is 0 Å². The molecule has 2 aromatic rings. The maximum atomic E-state index is 12.9. The van der Waals surface area contributed by atoms with E-state index in [-0.39, 0.29) is 19.4 Å². The van der Waals surface area contributed by atoms with Crippen LogP contribution in [-0.2, 0) is 11.3 Å². The summed E-state index contributed by atoms with van der Waals surface area (Å²) in [5.74, 6) is 0. The van der Waals surface area contributed by atoms with Crippen molar-refractivity contribution >= 4 is 6.09 Å². The Hall–Kier alpha value is -3.09. The van der Waals surface area contributed by atoms with Crippen molar-refractivity contribution in [3.63, 3.8) is 0 Å². The summed E-state index contributed by atoms with van der Waals surface area (Å²) in [6.07, 6.45) is -0.935. The van der Waals surface area contributed by atoms with Crippen molar-refractivity contribution in [3.05, 3.63) is 89.3 Å². The first-order valence-corrected chi connectivity index (χ1v) is 8.78. The van der Waals surface area contributed by atoms with Gasteiger partial charge in [-0.25, -0.2) is 4.79 Å². The maximum absolute atomic E-state index is 12.9. The summed E-state index contributed by atoms with van der Waals surface area (Å²) < 4.78 is 43.8. The summed E-state index contributed by atoms with van der Waals surface area (Å²) in [5, 5.41) is 2.72. The van der Waals surface area contributed by atoms with Crippen LogP contribution in [0.5, 0.6) is 0 Å². The number of amides is 1. The number of alkyl halides is 3. The molecule has 0 fully saturated rings. The van der Waals surface area contributed by atoms with Crippen LogP contribution >= 0.6 is 0 Å². The maximum Gasteiger partial charge on any atom is 0.412 e. The number of rotatable bonds is 5. The molecule has 1 amide bonds. The zero-order valence-electron chi connectivity index (χ0n) is 14.9. The van der Waals surface area contributed by atoms with Crippen molar-refractivity contribution < 1.29 is 22.7 Å². The Morgan fingerprint density at radius 2 is 1.82 bits per heavy atom. The fraction of sp³-hybridized carbons (Fsp3) is 0.238. The van der Waals surface area contributed by atoms with Gasteiger partial charge < -0.3 is 10.1 Å². The van der Waals surface area contributed by atoms with Crippen LogP contribution in [0.25, 0.3) is 0 Å². The van der Waals surface area contributed by atoms with Gasteiger partial charge in [0.15, 0.2) is 0 Å². The molecule has 1 atom stereocenters. The van der Waals surface area contributed by atoms with Crippen LogP contribution in [-0.4, -0.2) is 17.3 Å². The highest BCUT2D eigenvalue weighted by molar-refractivity contribution is 5.68. The first-order valence-electron chi connectivity index (χ1n) is 8.78. The average molecular weight is 388 g/mol. The molecule has 0 saturated carbocycles. The quantitative estimate of drug-likeness (QED) is 0.760. The lowest BCUT2D eigenvalue weighted by atomic mass is 9.91. The van der Waals surface area contributed by atoms with Crippen molar-refractivity contribution in [2.75, 3.05) is 0 Å². The van der Waals surface area contributed by atoms with E-state index in [2.05, 4.69) is 10.3 Å². The third kappa shape index (κ3) is 5.22. The summed E-state index contributed by atoms with van der Waals surface area (Å²) in [7, 11) is 0. The molecule has 7 heteroatoms. The molecule has 4 nitrogen and oxygen atoms in total. The molecule has 0 bridgehead atoms. The molecule has 0 spiro atoms. The summed E-state index contributed by atoms with van der Waals surface area (Å²) in [6.45, 7) is 0.0960. The van der Waals surface area contributed by atoms with E-state index in [1.807, 2.05) is 30.3 Å². The molecular weight excluding hydrogens is 369 g/mol. The van der Waals surface area contributed by atoms with E-state index in [9.17, 15) is 18.0 Å². The zero-order valence-corrected chi connectivity index (χ0v) is 14.9. The second-order valence-electron chi connectivity index (χ2n) is 6.32. The molecule has 0 aliphatic heterocycles. The van der Waals surface area contributed by atoms with Gasteiger partial charge in [0.25, 0.3) is 0 Å². The van der Waals surface area contributed by atoms with E-state index >= 15 is 0 Å². The highest BCUT2D eigenvalue weighted by atomic mass is 19.4. The van der Waals surface area contributed by atoms with Gasteiger partial charge in [-0.2, -0.15) is 13.2 Å². The normalized spacial score (nSPS) is 15.2. The first-order chi connectivity index (χ1) is 13.4. The number of allylic oxidation sites excluding steroid dienone is 3. The van der Waals surface area contributed by atoms with Crippen LogP contribution in [0, 0.1) is 0 Å². The van der Waals surface area contributed by atoms with Crippen molar-refractivity contribution in [2.24, 2.45) is 0 Å². The van der Waals surface area contributed by atoms with E-state index in [0.717, 1.165) is 11.6 Å². The van der Waals surface area contributed by atoms with Crippen LogP contribution in [0.4, 0.5) is 18.0 Å². The van der Waals surface area contributed by atoms with Crippen molar-refractivity contribution in [3.8, 4) is 0 Å². The lowest BCUT2D eigenvalue weighted by Gasteiger charge is -2.24. The van der Waals surface area contributed by atoms with E-state index < -0.39 is 23.9 Å². The largest absolute Gasteiger partial charge is 0.445 e. The van der Waals surface area contributed by atoms with Gasteiger partial charge in [-0.3, -0.25) is 4.98 Å². The summed E-state index contributed by atoms with van der Waals surface area (Å²) >= 11 is 0. The molecule has 0 radical (unpaired) electrons. The smallest absolute Gasteiger partial charge is 0.412 e. The fourth-order valence-corrected chi connectivity index (χ4v) is 2.92. The van der Waals surface area contributed by atoms with Crippen LogP contribution < -0.4 is 5.32 Å². The number of nitrogens with one attached hydrogen (secondary N) is 1. The van der Waals surface area contributed by atoms with Gasteiger partial charge in [-0.05, 0) is 36.1 Å². The molecule has 146 valence electrons. The number of halogens is 3. The third-order valence-corrected chi connectivity index (χ3v) is 4.37. The molecule has 1 N–H and O–H groups in total. The Balaban J connectivity index is 1.74. The highest BCUT2D eigenvalue weighted by Gasteiger charge is 2.35. The molecule has 0 unspecified atom stereocenters. The summed E-state index contributed by atoms with van der Waals surface area (Å²) in [6, 6.07) is 13.7. The first kappa shape index (κ1) is 19.7. The Bertz CT molecular complexity index is 862. The van der Waals surface area contributed by atoms with E-state index in [4.69, 9.17) is 4.74 Å². The number of carbonyl (C=O) groups is 1. The van der Waals surface area contributed by atoms with E-state index in [1.165, 1.54) is 6.08 Å². The van der Waals surface area contributed by atoms with E-state index in [0.29, 0.717) is 11.3 Å². The van der Waals surface area contributed by atoms with E-state index in [1.54, 1.807) is 24.4 Å². The second-order valence-corrected chi connectivity index (χ2v) is 6.32. The van der Waals surface area contributed by atoms with Gasteiger partial charge >= 0.3 is 12.3 Å². The molecule has 1 aromatic carbocycles. The number of alkyl carbamates (subject to hydrolysis) is 1. The minimum Gasteiger partial charge on any atom is -0.445 e. The molecule has 1 aliphatic rings. The Kier molecular flexibility index (Phi) is 6.13. The molecule has 28 heavy (non-hydrogen) atoms. The number of pyridine rings is 1. The molecular formula is C21H19F3N2O2.